The maximum atomic E-state index is 9.23. The smallest absolute Gasteiger partial charge is 0.102 e. The molecule has 0 aliphatic rings. The van der Waals surface area contributed by atoms with E-state index in [0.29, 0.717) is 5.56 Å². The van der Waals surface area contributed by atoms with E-state index < -0.39 is 0 Å². The lowest BCUT2D eigenvalue weighted by Crippen LogP contribution is -2.11. The van der Waals surface area contributed by atoms with Gasteiger partial charge in [0.25, 0.3) is 0 Å². The zero-order valence-electron chi connectivity index (χ0n) is 11.1. The highest BCUT2D eigenvalue weighted by atomic mass is 32.2. The van der Waals surface area contributed by atoms with Gasteiger partial charge in [-0.2, -0.15) is 10.4 Å². The van der Waals surface area contributed by atoms with Gasteiger partial charge in [0.2, 0.25) is 0 Å². The molecule has 1 N–H and O–H groups in total. The van der Waals surface area contributed by atoms with Gasteiger partial charge >= 0.3 is 0 Å². The van der Waals surface area contributed by atoms with Crippen molar-refractivity contribution < 1.29 is 0 Å². The minimum Gasteiger partial charge on any atom is -0.382 e. The number of thioether (sulfide) groups is 1. The molecule has 19 heavy (non-hydrogen) atoms. The van der Waals surface area contributed by atoms with Gasteiger partial charge in [-0.25, -0.2) is 0 Å². The van der Waals surface area contributed by atoms with Crippen LogP contribution in [0.15, 0.2) is 35.5 Å². The summed E-state index contributed by atoms with van der Waals surface area (Å²) in [6.45, 7) is 3.54. The third-order valence-electron chi connectivity index (χ3n) is 2.78. The molecular formula is C14H16N4S. The maximum absolute atomic E-state index is 9.23. The monoisotopic (exact) mass is 272 g/mol. The second-order valence-electron chi connectivity index (χ2n) is 4.20. The van der Waals surface area contributed by atoms with Crippen molar-refractivity contribution in [1.82, 2.24) is 9.78 Å². The largest absolute Gasteiger partial charge is 0.382 e. The van der Waals surface area contributed by atoms with Crippen LogP contribution in [0.3, 0.4) is 0 Å². The van der Waals surface area contributed by atoms with Crippen molar-refractivity contribution in [2.24, 2.45) is 0 Å². The first kappa shape index (κ1) is 13.5. The molecule has 0 aliphatic heterocycles. The van der Waals surface area contributed by atoms with Crippen molar-refractivity contribution in [3.05, 3.63) is 41.7 Å². The molecule has 0 fully saturated rings. The molecule has 0 amide bonds. The Morgan fingerprint density at radius 3 is 2.95 bits per heavy atom. The van der Waals surface area contributed by atoms with Crippen LogP contribution in [0, 0.1) is 18.3 Å². The topological polar surface area (TPSA) is 53.6 Å². The Kier molecular flexibility index (Phi) is 4.48. The van der Waals surface area contributed by atoms with Gasteiger partial charge < -0.3 is 5.32 Å². The molecule has 2 aromatic rings. The fourth-order valence-corrected chi connectivity index (χ4v) is 2.43. The summed E-state index contributed by atoms with van der Waals surface area (Å²) in [4.78, 5) is 1.00. The van der Waals surface area contributed by atoms with Crippen LogP contribution in [0.1, 0.15) is 11.1 Å². The second-order valence-corrected chi connectivity index (χ2v) is 5.05. The third-order valence-corrected chi connectivity index (χ3v) is 3.56. The predicted molar refractivity (Wildman–Crippen MR) is 78.4 cm³/mol. The normalized spacial score (nSPS) is 10.2. The number of anilines is 1. The first-order valence-corrected chi connectivity index (χ1v) is 7.27. The lowest BCUT2D eigenvalue weighted by Gasteiger charge is -2.10. The van der Waals surface area contributed by atoms with Crippen molar-refractivity contribution in [2.75, 3.05) is 18.1 Å². The fraction of sp³-hybridized carbons (Fsp3) is 0.286. The summed E-state index contributed by atoms with van der Waals surface area (Å²) in [5.74, 6) is 0. The number of rotatable bonds is 5. The highest BCUT2D eigenvalue weighted by molar-refractivity contribution is 7.98. The summed E-state index contributed by atoms with van der Waals surface area (Å²) in [6.07, 6.45) is 5.83. The van der Waals surface area contributed by atoms with Crippen LogP contribution in [0.5, 0.6) is 0 Å². The van der Waals surface area contributed by atoms with E-state index in [9.17, 15) is 5.26 Å². The van der Waals surface area contributed by atoms with Crippen molar-refractivity contribution in [3.8, 4) is 6.07 Å². The summed E-state index contributed by atoms with van der Waals surface area (Å²) < 4.78 is 1.90. The van der Waals surface area contributed by atoms with E-state index in [1.165, 1.54) is 0 Å². The SMILES string of the molecule is CSc1cccc(NCCn2cc(C)cn2)c1C#N. The Hall–Kier alpha value is -1.93. The number of hydrogen-bond donors (Lipinski definition) is 1. The molecule has 2 rings (SSSR count). The second kappa shape index (κ2) is 6.30. The molecule has 0 bridgehead atoms. The van der Waals surface area contributed by atoms with Gasteiger partial charge in [-0.05, 0) is 30.9 Å². The molecular weight excluding hydrogens is 256 g/mol. The molecule has 0 spiro atoms. The van der Waals surface area contributed by atoms with Crippen molar-refractivity contribution >= 4 is 17.4 Å². The zero-order valence-corrected chi connectivity index (χ0v) is 11.9. The number of aromatic nitrogens is 2. The standard InChI is InChI=1S/C14H16N4S/c1-11-9-17-18(10-11)7-6-16-13-4-3-5-14(19-2)12(13)8-15/h3-5,9-10,16H,6-7H2,1-2H3. The molecule has 1 aromatic carbocycles. The minimum absolute atomic E-state index is 0.714. The third kappa shape index (κ3) is 3.30. The number of nitrogens with one attached hydrogen (secondary N) is 1. The number of nitrogens with zero attached hydrogens (tertiary/aromatic N) is 3. The van der Waals surface area contributed by atoms with Gasteiger partial charge in [-0.1, -0.05) is 6.07 Å². The van der Waals surface area contributed by atoms with E-state index in [-0.39, 0.29) is 0 Å². The summed E-state index contributed by atoms with van der Waals surface area (Å²) >= 11 is 1.59. The van der Waals surface area contributed by atoms with E-state index in [1.54, 1.807) is 11.8 Å². The molecule has 0 saturated carbocycles. The van der Waals surface area contributed by atoms with Crippen LogP contribution in [-0.2, 0) is 6.54 Å². The van der Waals surface area contributed by atoms with Crippen molar-refractivity contribution in [2.45, 2.75) is 18.4 Å². The van der Waals surface area contributed by atoms with Crippen LogP contribution in [-0.4, -0.2) is 22.6 Å². The van der Waals surface area contributed by atoms with Gasteiger partial charge in [0.05, 0.1) is 24.0 Å². The quantitative estimate of drug-likeness (QED) is 0.850. The summed E-state index contributed by atoms with van der Waals surface area (Å²) in [6, 6.07) is 8.13. The molecule has 1 aromatic heterocycles. The lowest BCUT2D eigenvalue weighted by atomic mass is 10.2. The van der Waals surface area contributed by atoms with E-state index >= 15 is 0 Å². The zero-order chi connectivity index (χ0) is 13.7. The summed E-state index contributed by atoms with van der Waals surface area (Å²) in [5, 5.41) is 16.8. The Balaban J connectivity index is 2.02. The van der Waals surface area contributed by atoms with Gasteiger partial charge in [-0.3, -0.25) is 4.68 Å². The molecule has 0 atom stereocenters. The number of nitriles is 1. The summed E-state index contributed by atoms with van der Waals surface area (Å²) in [7, 11) is 0. The van der Waals surface area contributed by atoms with Crippen LogP contribution in [0.4, 0.5) is 5.69 Å². The lowest BCUT2D eigenvalue weighted by molar-refractivity contribution is 0.637. The van der Waals surface area contributed by atoms with E-state index in [1.807, 2.05) is 48.5 Å². The maximum Gasteiger partial charge on any atom is 0.102 e. The van der Waals surface area contributed by atoms with Crippen molar-refractivity contribution in [1.29, 1.82) is 5.26 Å². The Morgan fingerprint density at radius 1 is 1.47 bits per heavy atom. The molecule has 5 heteroatoms. The van der Waals surface area contributed by atoms with Gasteiger partial charge in [-0.15, -0.1) is 11.8 Å². The Bertz CT molecular complexity index is 598. The van der Waals surface area contributed by atoms with E-state index in [0.717, 1.165) is 29.2 Å². The fourth-order valence-electron chi connectivity index (χ4n) is 1.86. The molecule has 0 radical (unpaired) electrons. The van der Waals surface area contributed by atoms with Gasteiger partial charge in [0, 0.05) is 17.6 Å². The first-order chi connectivity index (χ1) is 9.24. The van der Waals surface area contributed by atoms with Crippen LogP contribution < -0.4 is 5.32 Å². The van der Waals surface area contributed by atoms with Crippen LogP contribution in [0.25, 0.3) is 0 Å². The predicted octanol–water partition coefficient (Wildman–Crippen LogP) is 2.90. The molecule has 98 valence electrons. The number of benzene rings is 1. The Labute approximate surface area is 117 Å². The molecule has 0 unspecified atom stereocenters. The number of hydrogen-bond acceptors (Lipinski definition) is 4. The first-order valence-electron chi connectivity index (χ1n) is 6.04. The van der Waals surface area contributed by atoms with Gasteiger partial charge in [0.15, 0.2) is 0 Å². The molecule has 0 saturated heterocycles. The average molecular weight is 272 g/mol. The van der Waals surface area contributed by atoms with E-state index in [2.05, 4.69) is 16.5 Å². The number of aryl methyl sites for hydroxylation is 1. The van der Waals surface area contributed by atoms with Crippen molar-refractivity contribution in [3.63, 3.8) is 0 Å². The Morgan fingerprint density at radius 2 is 2.32 bits per heavy atom. The molecule has 4 nitrogen and oxygen atoms in total. The van der Waals surface area contributed by atoms with Gasteiger partial charge in [0.1, 0.15) is 6.07 Å². The average Bonchev–Trinajstić information content (AvgIpc) is 2.84. The van der Waals surface area contributed by atoms with Crippen LogP contribution >= 0.6 is 11.8 Å². The summed E-state index contributed by atoms with van der Waals surface area (Å²) in [5.41, 5.74) is 2.76. The van der Waals surface area contributed by atoms with E-state index in [4.69, 9.17) is 0 Å². The molecule has 0 aliphatic carbocycles. The minimum atomic E-state index is 0.714. The molecule has 1 heterocycles. The highest BCUT2D eigenvalue weighted by Crippen LogP contribution is 2.26. The van der Waals surface area contributed by atoms with Crippen LogP contribution in [0.2, 0.25) is 0 Å². The highest BCUT2D eigenvalue weighted by Gasteiger charge is 2.06.